The van der Waals surface area contributed by atoms with Crippen LogP contribution in [0.15, 0.2) is 42.5 Å². The third-order valence-electron chi connectivity index (χ3n) is 2.29. The minimum Gasteiger partial charge on any atom is -0.618 e. The predicted molar refractivity (Wildman–Crippen MR) is 76.4 cm³/mol. The fourth-order valence-corrected chi connectivity index (χ4v) is 2.11. The van der Waals surface area contributed by atoms with Gasteiger partial charge < -0.3 is 5.21 Å². The summed E-state index contributed by atoms with van der Waals surface area (Å²) in [6.07, 6.45) is 1.34. The zero-order valence-electron chi connectivity index (χ0n) is 9.11. The van der Waals surface area contributed by atoms with E-state index in [4.69, 9.17) is 34.8 Å². The Kier molecular flexibility index (Phi) is 4.12. The Bertz CT molecular complexity index is 597. The van der Waals surface area contributed by atoms with Crippen LogP contribution in [-0.4, -0.2) is 11.0 Å². The summed E-state index contributed by atoms with van der Waals surface area (Å²) in [5.41, 5.74) is 0.984. The molecule has 2 rings (SSSR count). The summed E-state index contributed by atoms with van der Waals surface area (Å²) in [4.78, 5) is 0. The number of nitrogens with zero attached hydrogens (tertiary/aromatic N) is 1. The molecule has 0 unspecified atom stereocenters. The first-order valence-corrected chi connectivity index (χ1v) is 6.22. The van der Waals surface area contributed by atoms with Gasteiger partial charge in [-0.3, -0.25) is 0 Å². The summed E-state index contributed by atoms with van der Waals surface area (Å²) < 4.78 is 0.716. The van der Waals surface area contributed by atoms with Gasteiger partial charge in [0.1, 0.15) is 0 Å². The molecule has 0 N–H and O–H groups in total. The van der Waals surface area contributed by atoms with Crippen LogP contribution >= 0.6 is 34.8 Å². The van der Waals surface area contributed by atoms with E-state index < -0.39 is 0 Å². The van der Waals surface area contributed by atoms with Crippen LogP contribution in [0.4, 0.5) is 5.69 Å². The molecule has 18 heavy (non-hydrogen) atoms. The molecule has 0 aromatic heterocycles. The van der Waals surface area contributed by atoms with Gasteiger partial charge in [-0.15, -0.1) is 0 Å². The molecule has 0 aliphatic heterocycles. The number of hydrogen-bond donors (Lipinski definition) is 0. The van der Waals surface area contributed by atoms with Crippen LogP contribution in [-0.2, 0) is 0 Å². The zero-order valence-corrected chi connectivity index (χ0v) is 11.4. The average molecular weight is 301 g/mol. The van der Waals surface area contributed by atoms with E-state index >= 15 is 0 Å². The molecule has 0 saturated carbocycles. The molecule has 0 aliphatic rings. The maximum Gasteiger partial charge on any atom is 0.216 e. The van der Waals surface area contributed by atoms with E-state index in [-0.39, 0.29) is 0 Å². The second-order valence-electron chi connectivity index (χ2n) is 3.58. The van der Waals surface area contributed by atoms with Crippen molar-refractivity contribution >= 4 is 46.7 Å². The summed E-state index contributed by atoms with van der Waals surface area (Å²) in [6.45, 7) is 0. The maximum atomic E-state index is 11.9. The van der Waals surface area contributed by atoms with Gasteiger partial charge in [0.25, 0.3) is 0 Å². The van der Waals surface area contributed by atoms with Crippen LogP contribution in [0.2, 0.25) is 15.1 Å². The molecule has 0 aliphatic carbocycles. The highest BCUT2D eigenvalue weighted by Crippen LogP contribution is 2.29. The number of hydrogen-bond acceptors (Lipinski definition) is 1. The molecule has 2 aromatic rings. The summed E-state index contributed by atoms with van der Waals surface area (Å²) >= 11 is 17.8. The molecule has 2 aromatic carbocycles. The van der Waals surface area contributed by atoms with Gasteiger partial charge in [0.2, 0.25) is 5.69 Å². The standard InChI is InChI=1S/C13H8Cl3NO/c14-10-6-9(13(16)12(15)7-10)8-17(18)11-4-2-1-3-5-11/h1-8H. The normalized spacial score (nSPS) is 11.6. The SMILES string of the molecule is [O-][N+](=Cc1cc(Cl)cc(Cl)c1Cl)c1ccccc1. The summed E-state index contributed by atoms with van der Waals surface area (Å²) in [5.74, 6) is 0. The highest BCUT2D eigenvalue weighted by molar-refractivity contribution is 6.44. The van der Waals surface area contributed by atoms with E-state index in [0.29, 0.717) is 31.1 Å². The van der Waals surface area contributed by atoms with Crippen molar-refractivity contribution in [2.75, 3.05) is 0 Å². The Morgan fingerprint density at radius 2 is 1.67 bits per heavy atom. The second kappa shape index (κ2) is 5.61. The fraction of sp³-hybridized carbons (Fsp3) is 0. The highest BCUT2D eigenvalue weighted by atomic mass is 35.5. The van der Waals surface area contributed by atoms with Crippen molar-refractivity contribution in [1.29, 1.82) is 0 Å². The van der Waals surface area contributed by atoms with E-state index in [0.717, 1.165) is 0 Å². The Morgan fingerprint density at radius 3 is 2.33 bits per heavy atom. The van der Waals surface area contributed by atoms with Crippen molar-refractivity contribution in [3.05, 3.63) is 68.3 Å². The Hall–Kier alpha value is -1.22. The summed E-state index contributed by atoms with van der Waals surface area (Å²) in [6, 6.07) is 11.9. The molecule has 92 valence electrons. The van der Waals surface area contributed by atoms with Crippen LogP contribution in [0.25, 0.3) is 0 Å². The smallest absolute Gasteiger partial charge is 0.216 e. The summed E-state index contributed by atoms with van der Waals surface area (Å²) in [7, 11) is 0. The molecule has 0 saturated heterocycles. The summed E-state index contributed by atoms with van der Waals surface area (Å²) in [5, 5.41) is 13.0. The lowest BCUT2D eigenvalue weighted by Crippen LogP contribution is -1.99. The molecular formula is C13H8Cl3NO. The van der Waals surface area contributed by atoms with Gasteiger partial charge in [0.15, 0.2) is 6.21 Å². The first kappa shape index (κ1) is 13.2. The van der Waals surface area contributed by atoms with Gasteiger partial charge in [-0.25, -0.2) is 0 Å². The monoisotopic (exact) mass is 299 g/mol. The third kappa shape index (κ3) is 2.96. The van der Waals surface area contributed by atoms with Crippen molar-refractivity contribution in [1.82, 2.24) is 0 Å². The Labute approximate surface area is 120 Å². The van der Waals surface area contributed by atoms with E-state index in [1.807, 2.05) is 6.07 Å². The minimum atomic E-state index is 0.304. The topological polar surface area (TPSA) is 26.1 Å². The van der Waals surface area contributed by atoms with Crippen molar-refractivity contribution in [2.24, 2.45) is 0 Å². The molecule has 0 atom stereocenters. The molecule has 0 amide bonds. The minimum absolute atomic E-state index is 0.304. The first-order valence-electron chi connectivity index (χ1n) is 5.09. The van der Waals surface area contributed by atoms with Crippen LogP contribution in [0.5, 0.6) is 0 Å². The number of benzene rings is 2. The number of para-hydroxylation sites is 1. The molecular weight excluding hydrogens is 293 g/mol. The van der Waals surface area contributed by atoms with Crippen molar-refractivity contribution in [3.8, 4) is 0 Å². The maximum absolute atomic E-state index is 11.9. The second-order valence-corrected chi connectivity index (χ2v) is 4.80. The lowest BCUT2D eigenvalue weighted by atomic mass is 10.2. The molecule has 0 fully saturated rings. The Morgan fingerprint density at radius 1 is 1.00 bits per heavy atom. The highest BCUT2D eigenvalue weighted by Gasteiger charge is 2.09. The van der Waals surface area contributed by atoms with Crippen LogP contribution < -0.4 is 0 Å². The van der Waals surface area contributed by atoms with E-state index in [2.05, 4.69) is 0 Å². The zero-order chi connectivity index (χ0) is 13.1. The number of rotatable bonds is 2. The van der Waals surface area contributed by atoms with Crippen molar-refractivity contribution in [2.45, 2.75) is 0 Å². The van der Waals surface area contributed by atoms with E-state index in [9.17, 15) is 5.21 Å². The molecule has 0 spiro atoms. The van der Waals surface area contributed by atoms with Crippen LogP contribution in [0.3, 0.4) is 0 Å². The van der Waals surface area contributed by atoms with E-state index in [1.165, 1.54) is 12.3 Å². The van der Waals surface area contributed by atoms with E-state index in [1.54, 1.807) is 30.3 Å². The largest absolute Gasteiger partial charge is 0.618 e. The molecule has 2 nitrogen and oxygen atoms in total. The molecule has 0 radical (unpaired) electrons. The van der Waals surface area contributed by atoms with Gasteiger partial charge in [-0.2, -0.15) is 4.74 Å². The molecule has 0 heterocycles. The van der Waals surface area contributed by atoms with Crippen molar-refractivity contribution < 1.29 is 4.74 Å². The van der Waals surface area contributed by atoms with Crippen LogP contribution in [0.1, 0.15) is 5.56 Å². The quantitative estimate of drug-likeness (QED) is 0.254. The van der Waals surface area contributed by atoms with Gasteiger partial charge in [0, 0.05) is 17.2 Å². The molecule has 0 bridgehead atoms. The van der Waals surface area contributed by atoms with Gasteiger partial charge in [0.05, 0.1) is 15.6 Å². The van der Waals surface area contributed by atoms with Gasteiger partial charge in [-0.1, -0.05) is 53.0 Å². The lowest BCUT2D eigenvalue weighted by molar-refractivity contribution is -0.354. The lowest BCUT2D eigenvalue weighted by Gasteiger charge is -2.05. The third-order valence-corrected chi connectivity index (χ3v) is 3.32. The molecule has 5 heteroatoms. The number of halogens is 3. The Balaban J connectivity index is 2.45. The van der Waals surface area contributed by atoms with Crippen LogP contribution in [0, 0.1) is 5.21 Å². The van der Waals surface area contributed by atoms with Gasteiger partial charge >= 0.3 is 0 Å². The average Bonchev–Trinajstić information content (AvgIpc) is 2.36. The first-order chi connectivity index (χ1) is 8.58. The van der Waals surface area contributed by atoms with Crippen molar-refractivity contribution in [3.63, 3.8) is 0 Å². The van der Waals surface area contributed by atoms with Gasteiger partial charge in [-0.05, 0) is 12.1 Å². The predicted octanol–water partition coefficient (Wildman–Crippen LogP) is 4.91. The fourth-order valence-electron chi connectivity index (χ4n) is 1.45.